The van der Waals surface area contributed by atoms with Crippen molar-refractivity contribution in [2.75, 3.05) is 27.6 Å². The number of benzene rings is 1. The van der Waals surface area contributed by atoms with Gasteiger partial charge in [-0.2, -0.15) is 0 Å². The predicted octanol–water partition coefficient (Wildman–Crippen LogP) is 1.81. The van der Waals surface area contributed by atoms with Gasteiger partial charge in [-0.25, -0.2) is 0 Å². The molecule has 3 atom stereocenters. The summed E-state index contributed by atoms with van der Waals surface area (Å²) in [5.41, 5.74) is 0.428. The van der Waals surface area contributed by atoms with E-state index in [-0.39, 0.29) is 24.7 Å². The van der Waals surface area contributed by atoms with Crippen LogP contribution in [-0.2, 0) is 14.2 Å². The van der Waals surface area contributed by atoms with Crippen molar-refractivity contribution < 1.29 is 28.6 Å². The van der Waals surface area contributed by atoms with Gasteiger partial charge in [0.05, 0.1) is 35.4 Å². The molecule has 1 aromatic rings. The molecule has 0 N–H and O–H groups in total. The fourth-order valence-corrected chi connectivity index (χ4v) is 2.84. The van der Waals surface area contributed by atoms with Gasteiger partial charge >= 0.3 is 0 Å². The third kappa shape index (κ3) is 2.60. The Morgan fingerprint density at radius 2 is 2.05 bits per heavy atom. The second kappa shape index (κ2) is 6.07. The minimum absolute atomic E-state index is 0.0397. The highest BCUT2D eigenvalue weighted by molar-refractivity contribution is 5.56. The number of hydrogen-bond donors (Lipinski definition) is 0. The van der Waals surface area contributed by atoms with Gasteiger partial charge in [0.1, 0.15) is 6.10 Å². The van der Waals surface area contributed by atoms with Crippen LogP contribution in [0.15, 0.2) is 12.1 Å². The van der Waals surface area contributed by atoms with Gasteiger partial charge in [-0.05, 0) is 6.07 Å². The van der Waals surface area contributed by atoms with Crippen LogP contribution in [0.4, 0.5) is 5.69 Å². The molecule has 3 rings (SSSR count). The van der Waals surface area contributed by atoms with Crippen LogP contribution in [0.1, 0.15) is 18.1 Å². The van der Waals surface area contributed by atoms with E-state index in [2.05, 4.69) is 0 Å². The van der Waals surface area contributed by atoms with Gasteiger partial charge < -0.3 is 23.7 Å². The third-order valence-electron chi connectivity index (χ3n) is 3.90. The van der Waals surface area contributed by atoms with E-state index in [1.54, 1.807) is 20.3 Å². The molecule has 1 fully saturated rings. The van der Waals surface area contributed by atoms with Crippen LogP contribution in [0.5, 0.6) is 11.5 Å². The van der Waals surface area contributed by atoms with Gasteiger partial charge in [-0.3, -0.25) is 10.1 Å². The minimum Gasteiger partial charge on any atom is -0.454 e. The van der Waals surface area contributed by atoms with Crippen LogP contribution in [0.2, 0.25) is 0 Å². The molecule has 22 heavy (non-hydrogen) atoms. The molecule has 0 bridgehead atoms. The first kappa shape index (κ1) is 15.0. The summed E-state index contributed by atoms with van der Waals surface area (Å²) in [6.45, 7) is 0.432. The van der Waals surface area contributed by atoms with Gasteiger partial charge in [-0.1, -0.05) is 0 Å². The number of nitro benzene ring substituents is 1. The van der Waals surface area contributed by atoms with Crippen LogP contribution < -0.4 is 9.47 Å². The number of ether oxygens (including phenoxy) is 5. The van der Waals surface area contributed by atoms with Crippen molar-refractivity contribution in [1.82, 2.24) is 0 Å². The van der Waals surface area contributed by atoms with Crippen LogP contribution in [0.25, 0.3) is 0 Å². The molecule has 0 aliphatic carbocycles. The maximum Gasteiger partial charge on any atom is 0.279 e. The average molecular weight is 311 g/mol. The molecule has 120 valence electrons. The number of fused-ring (bicyclic) bond motifs is 1. The zero-order valence-electron chi connectivity index (χ0n) is 12.3. The minimum atomic E-state index is -0.444. The maximum atomic E-state index is 11.3. The quantitative estimate of drug-likeness (QED) is 0.605. The fourth-order valence-electron chi connectivity index (χ4n) is 2.84. The standard InChI is InChI=1S/C14H17NO7/c1-18-6-14-11(19-2)5-10(22-14)8-3-12-13(21-7-20-12)4-9(8)15(16)17/h3-4,10-11,14H,5-7H2,1-2H3/t10-,11-,14-/m1/s1. The molecule has 1 aromatic carbocycles. The van der Waals surface area contributed by atoms with E-state index in [1.165, 1.54) is 6.07 Å². The lowest BCUT2D eigenvalue weighted by atomic mass is 10.0. The van der Waals surface area contributed by atoms with E-state index in [0.29, 0.717) is 30.1 Å². The first-order chi connectivity index (χ1) is 10.6. The summed E-state index contributed by atoms with van der Waals surface area (Å²) in [7, 11) is 3.17. The second-order valence-electron chi connectivity index (χ2n) is 5.15. The highest BCUT2D eigenvalue weighted by Gasteiger charge is 2.40. The molecule has 0 radical (unpaired) electrons. The van der Waals surface area contributed by atoms with Crippen molar-refractivity contribution in [3.8, 4) is 11.5 Å². The number of rotatable bonds is 5. The fraction of sp³-hybridized carbons (Fsp3) is 0.571. The van der Waals surface area contributed by atoms with Gasteiger partial charge in [0.2, 0.25) is 6.79 Å². The second-order valence-corrected chi connectivity index (χ2v) is 5.15. The molecule has 2 heterocycles. The van der Waals surface area contributed by atoms with Gasteiger partial charge in [0.15, 0.2) is 11.5 Å². The first-order valence-corrected chi connectivity index (χ1v) is 6.89. The topological polar surface area (TPSA) is 89.3 Å². The number of methoxy groups -OCH3 is 2. The maximum absolute atomic E-state index is 11.3. The average Bonchev–Trinajstić information content (AvgIpc) is 3.11. The molecule has 0 saturated carbocycles. The molecular formula is C14H17NO7. The molecule has 1 saturated heterocycles. The Morgan fingerprint density at radius 1 is 1.32 bits per heavy atom. The molecule has 0 spiro atoms. The van der Waals surface area contributed by atoms with Crippen molar-refractivity contribution in [3.05, 3.63) is 27.8 Å². The molecule has 0 aromatic heterocycles. The number of nitrogens with zero attached hydrogens (tertiary/aromatic N) is 1. The predicted molar refractivity (Wildman–Crippen MR) is 74.1 cm³/mol. The molecule has 8 heteroatoms. The highest BCUT2D eigenvalue weighted by Crippen LogP contribution is 2.44. The monoisotopic (exact) mass is 311 g/mol. The SMILES string of the molecule is COC[C@H]1O[C@@H](c2cc3c(cc2[N+](=O)[O-])OCO3)C[C@H]1OC. The third-order valence-corrected chi connectivity index (χ3v) is 3.90. The summed E-state index contributed by atoms with van der Waals surface area (Å²) in [6.07, 6.45) is -0.356. The number of hydrogen-bond acceptors (Lipinski definition) is 7. The van der Waals surface area contributed by atoms with Crippen LogP contribution in [-0.4, -0.2) is 44.8 Å². The van der Waals surface area contributed by atoms with Crippen molar-refractivity contribution in [1.29, 1.82) is 0 Å². The normalized spacial score (nSPS) is 26.4. The Balaban J connectivity index is 1.92. The summed E-state index contributed by atoms with van der Waals surface area (Å²) in [5.74, 6) is 0.874. The summed E-state index contributed by atoms with van der Waals surface area (Å²) in [6, 6.07) is 3.00. The van der Waals surface area contributed by atoms with Crippen LogP contribution >= 0.6 is 0 Å². The zero-order chi connectivity index (χ0) is 15.7. The number of nitro groups is 1. The smallest absolute Gasteiger partial charge is 0.279 e. The van der Waals surface area contributed by atoms with E-state index in [1.807, 2.05) is 0 Å². The molecule has 0 unspecified atom stereocenters. The highest BCUT2D eigenvalue weighted by atomic mass is 16.7. The molecule has 8 nitrogen and oxygen atoms in total. The Labute approximate surface area is 127 Å². The molecular weight excluding hydrogens is 294 g/mol. The van der Waals surface area contributed by atoms with Gasteiger partial charge in [0.25, 0.3) is 5.69 Å². The van der Waals surface area contributed by atoms with E-state index in [4.69, 9.17) is 23.7 Å². The van der Waals surface area contributed by atoms with E-state index in [9.17, 15) is 10.1 Å². The summed E-state index contributed by atoms with van der Waals surface area (Å²) >= 11 is 0. The Morgan fingerprint density at radius 3 is 2.68 bits per heavy atom. The summed E-state index contributed by atoms with van der Waals surface area (Å²) in [4.78, 5) is 10.9. The Kier molecular flexibility index (Phi) is 4.14. The zero-order valence-corrected chi connectivity index (χ0v) is 12.3. The van der Waals surface area contributed by atoms with Crippen molar-refractivity contribution in [2.45, 2.75) is 24.7 Å². The van der Waals surface area contributed by atoms with E-state index >= 15 is 0 Å². The van der Waals surface area contributed by atoms with Crippen molar-refractivity contribution in [2.24, 2.45) is 0 Å². The molecule has 2 aliphatic heterocycles. The lowest BCUT2D eigenvalue weighted by molar-refractivity contribution is -0.386. The summed E-state index contributed by atoms with van der Waals surface area (Å²) < 4.78 is 26.9. The van der Waals surface area contributed by atoms with Crippen molar-refractivity contribution in [3.63, 3.8) is 0 Å². The lowest BCUT2D eigenvalue weighted by Crippen LogP contribution is -2.27. The van der Waals surface area contributed by atoms with E-state index < -0.39 is 11.0 Å². The Bertz CT molecular complexity index is 577. The van der Waals surface area contributed by atoms with Crippen LogP contribution in [0.3, 0.4) is 0 Å². The van der Waals surface area contributed by atoms with E-state index in [0.717, 1.165) is 0 Å². The molecule has 0 amide bonds. The van der Waals surface area contributed by atoms with Crippen LogP contribution in [0, 0.1) is 10.1 Å². The first-order valence-electron chi connectivity index (χ1n) is 6.89. The summed E-state index contributed by atoms with van der Waals surface area (Å²) in [5, 5.41) is 11.3. The van der Waals surface area contributed by atoms with Gasteiger partial charge in [0, 0.05) is 20.6 Å². The Hall–Kier alpha value is -1.90. The largest absolute Gasteiger partial charge is 0.454 e. The van der Waals surface area contributed by atoms with Gasteiger partial charge in [-0.15, -0.1) is 0 Å². The molecule has 2 aliphatic rings. The lowest BCUT2D eigenvalue weighted by Gasteiger charge is -2.16. The van der Waals surface area contributed by atoms with Crippen molar-refractivity contribution >= 4 is 5.69 Å².